The van der Waals surface area contributed by atoms with Gasteiger partial charge < -0.3 is 10.2 Å². The lowest BCUT2D eigenvalue weighted by Crippen LogP contribution is -2.45. The van der Waals surface area contributed by atoms with Crippen molar-refractivity contribution in [2.75, 3.05) is 39.0 Å². The third-order valence-corrected chi connectivity index (χ3v) is 6.64. The summed E-state index contributed by atoms with van der Waals surface area (Å²) in [5.74, 6) is -0.194. The topological polar surface area (TPSA) is 69.7 Å². The molecule has 0 unspecified atom stereocenters. The Balaban J connectivity index is 1.69. The van der Waals surface area contributed by atoms with E-state index in [4.69, 9.17) is 0 Å². The van der Waals surface area contributed by atoms with E-state index in [1.54, 1.807) is 0 Å². The molecule has 0 aromatic heterocycles. The number of carbonyl (C=O) groups is 1. The average molecular weight is 360 g/mol. The summed E-state index contributed by atoms with van der Waals surface area (Å²) < 4.78 is 24.7. The minimum absolute atomic E-state index is 0.00837. The number of amides is 1. The van der Waals surface area contributed by atoms with Gasteiger partial charge in [-0.3, -0.25) is 4.79 Å². The lowest BCUT2D eigenvalue weighted by molar-refractivity contribution is -0.126. The number of nitrogens with zero attached hydrogens (tertiary/aromatic N) is 2. The van der Waals surface area contributed by atoms with Gasteiger partial charge in [-0.2, -0.15) is 0 Å². The SMILES string of the molecule is CC[C@@H]1CCCCN1CCCNC(=O)[C@H]1CCCN(S(C)(=O)=O)C1. The van der Waals surface area contributed by atoms with Crippen molar-refractivity contribution in [3.05, 3.63) is 0 Å². The summed E-state index contributed by atoms with van der Waals surface area (Å²) in [5, 5.41) is 3.01. The van der Waals surface area contributed by atoms with E-state index in [9.17, 15) is 13.2 Å². The summed E-state index contributed by atoms with van der Waals surface area (Å²) in [7, 11) is -3.19. The molecular formula is C17H33N3O3S. The van der Waals surface area contributed by atoms with Gasteiger partial charge in [0.2, 0.25) is 15.9 Å². The molecular weight excluding hydrogens is 326 g/mol. The number of likely N-dealkylation sites (tertiary alicyclic amines) is 1. The molecule has 0 radical (unpaired) electrons. The number of rotatable bonds is 7. The maximum atomic E-state index is 12.3. The Morgan fingerprint density at radius 2 is 1.96 bits per heavy atom. The van der Waals surface area contributed by atoms with Crippen molar-refractivity contribution in [2.45, 2.75) is 57.9 Å². The van der Waals surface area contributed by atoms with Crippen LogP contribution in [0.3, 0.4) is 0 Å². The van der Waals surface area contributed by atoms with Crippen LogP contribution in [0.1, 0.15) is 51.9 Å². The van der Waals surface area contributed by atoms with Crippen LogP contribution in [0.25, 0.3) is 0 Å². The summed E-state index contributed by atoms with van der Waals surface area (Å²) >= 11 is 0. The maximum Gasteiger partial charge on any atom is 0.224 e. The first-order chi connectivity index (χ1) is 11.4. The number of piperidine rings is 2. The van der Waals surface area contributed by atoms with Crippen LogP contribution in [0.2, 0.25) is 0 Å². The highest BCUT2D eigenvalue weighted by Crippen LogP contribution is 2.20. The second-order valence-corrected chi connectivity index (χ2v) is 9.18. The Morgan fingerprint density at radius 1 is 1.17 bits per heavy atom. The molecule has 7 heteroatoms. The van der Waals surface area contributed by atoms with Crippen LogP contribution >= 0.6 is 0 Å². The van der Waals surface area contributed by atoms with Crippen molar-refractivity contribution in [3.63, 3.8) is 0 Å². The largest absolute Gasteiger partial charge is 0.356 e. The lowest BCUT2D eigenvalue weighted by atomic mass is 9.98. The molecule has 0 aromatic carbocycles. The van der Waals surface area contributed by atoms with E-state index in [1.807, 2.05) is 0 Å². The van der Waals surface area contributed by atoms with Crippen molar-refractivity contribution < 1.29 is 13.2 Å². The average Bonchev–Trinajstić information content (AvgIpc) is 2.58. The van der Waals surface area contributed by atoms with Crippen LogP contribution in [0, 0.1) is 5.92 Å². The number of hydrogen-bond donors (Lipinski definition) is 1. The van der Waals surface area contributed by atoms with Crippen LogP contribution in [0.15, 0.2) is 0 Å². The molecule has 140 valence electrons. The third-order valence-electron chi connectivity index (χ3n) is 5.37. The van der Waals surface area contributed by atoms with E-state index in [0.717, 1.165) is 25.8 Å². The molecule has 0 saturated carbocycles. The van der Waals surface area contributed by atoms with E-state index in [0.29, 0.717) is 25.7 Å². The van der Waals surface area contributed by atoms with Crippen molar-refractivity contribution in [1.82, 2.24) is 14.5 Å². The standard InChI is InChI=1S/C17H33N3O3S/c1-3-16-9-4-5-11-19(16)12-7-10-18-17(21)15-8-6-13-20(14-15)24(2,22)23/h15-16H,3-14H2,1-2H3,(H,18,21)/t15-,16+/m0/s1. The fourth-order valence-electron chi connectivity index (χ4n) is 3.91. The van der Waals surface area contributed by atoms with Gasteiger partial charge >= 0.3 is 0 Å². The lowest BCUT2D eigenvalue weighted by Gasteiger charge is -2.35. The monoisotopic (exact) mass is 359 g/mol. The van der Waals surface area contributed by atoms with Crippen molar-refractivity contribution in [3.8, 4) is 0 Å². The van der Waals surface area contributed by atoms with Gasteiger partial charge in [-0.05, 0) is 45.1 Å². The van der Waals surface area contributed by atoms with Gasteiger partial charge in [-0.25, -0.2) is 12.7 Å². The third kappa shape index (κ3) is 5.70. The molecule has 6 nitrogen and oxygen atoms in total. The smallest absolute Gasteiger partial charge is 0.224 e. The molecule has 2 heterocycles. The molecule has 24 heavy (non-hydrogen) atoms. The van der Waals surface area contributed by atoms with Crippen molar-refractivity contribution in [2.24, 2.45) is 5.92 Å². The van der Waals surface area contributed by atoms with Crippen molar-refractivity contribution in [1.29, 1.82) is 0 Å². The van der Waals surface area contributed by atoms with E-state index >= 15 is 0 Å². The highest BCUT2D eigenvalue weighted by Gasteiger charge is 2.30. The second kappa shape index (κ2) is 9.15. The Morgan fingerprint density at radius 3 is 2.67 bits per heavy atom. The van der Waals surface area contributed by atoms with Gasteiger partial charge in [0, 0.05) is 32.2 Å². The highest BCUT2D eigenvalue weighted by atomic mass is 32.2. The van der Waals surface area contributed by atoms with Crippen LogP contribution in [-0.4, -0.2) is 68.6 Å². The normalized spacial score (nSPS) is 27.1. The van der Waals surface area contributed by atoms with Gasteiger partial charge in [0.05, 0.1) is 12.2 Å². The van der Waals surface area contributed by atoms with Gasteiger partial charge in [0.1, 0.15) is 0 Å². The zero-order chi connectivity index (χ0) is 17.6. The van der Waals surface area contributed by atoms with Gasteiger partial charge in [0.15, 0.2) is 0 Å². The fraction of sp³-hybridized carbons (Fsp3) is 0.941. The maximum absolute atomic E-state index is 12.3. The zero-order valence-electron chi connectivity index (χ0n) is 15.2. The number of nitrogens with one attached hydrogen (secondary N) is 1. The molecule has 0 spiro atoms. The summed E-state index contributed by atoms with van der Waals surface area (Å²) in [6.45, 7) is 6.02. The quantitative estimate of drug-likeness (QED) is 0.698. The Hall–Kier alpha value is -0.660. The molecule has 0 aromatic rings. The Bertz CT molecular complexity index is 509. The highest BCUT2D eigenvalue weighted by molar-refractivity contribution is 7.88. The zero-order valence-corrected chi connectivity index (χ0v) is 16.0. The van der Waals surface area contributed by atoms with E-state index in [-0.39, 0.29) is 11.8 Å². The first-order valence-corrected chi connectivity index (χ1v) is 11.2. The van der Waals surface area contributed by atoms with Crippen molar-refractivity contribution >= 4 is 15.9 Å². The predicted molar refractivity (Wildman–Crippen MR) is 96.3 cm³/mol. The van der Waals surface area contributed by atoms with E-state index in [1.165, 1.54) is 42.8 Å². The summed E-state index contributed by atoms with van der Waals surface area (Å²) in [5.41, 5.74) is 0. The summed E-state index contributed by atoms with van der Waals surface area (Å²) in [6, 6.07) is 0.705. The van der Waals surface area contributed by atoms with Gasteiger partial charge in [-0.15, -0.1) is 0 Å². The summed E-state index contributed by atoms with van der Waals surface area (Å²) in [4.78, 5) is 14.9. The van der Waals surface area contributed by atoms with Gasteiger partial charge in [-0.1, -0.05) is 13.3 Å². The fourth-order valence-corrected chi connectivity index (χ4v) is 4.82. The van der Waals surface area contributed by atoms with Crippen LogP contribution in [0.5, 0.6) is 0 Å². The molecule has 0 bridgehead atoms. The molecule has 2 saturated heterocycles. The Labute approximate surface area is 147 Å². The minimum Gasteiger partial charge on any atom is -0.356 e. The molecule has 1 amide bonds. The first kappa shape index (κ1) is 19.7. The van der Waals surface area contributed by atoms with Crippen LogP contribution in [-0.2, 0) is 14.8 Å². The van der Waals surface area contributed by atoms with Crippen LogP contribution in [0.4, 0.5) is 0 Å². The first-order valence-electron chi connectivity index (χ1n) is 9.38. The van der Waals surface area contributed by atoms with Crippen LogP contribution < -0.4 is 5.32 Å². The number of sulfonamides is 1. The molecule has 2 atom stereocenters. The molecule has 1 N–H and O–H groups in total. The molecule has 2 aliphatic heterocycles. The van der Waals surface area contributed by atoms with E-state index in [2.05, 4.69) is 17.1 Å². The molecule has 2 fully saturated rings. The second-order valence-electron chi connectivity index (χ2n) is 7.20. The molecule has 2 rings (SSSR count). The van der Waals surface area contributed by atoms with Gasteiger partial charge in [0.25, 0.3) is 0 Å². The minimum atomic E-state index is -3.19. The molecule has 2 aliphatic rings. The molecule has 0 aliphatic carbocycles. The predicted octanol–water partition coefficient (Wildman–Crippen LogP) is 1.43. The summed E-state index contributed by atoms with van der Waals surface area (Å²) in [6.07, 6.45) is 8.85. The number of carbonyl (C=O) groups excluding carboxylic acids is 1. The number of hydrogen-bond acceptors (Lipinski definition) is 4. The van der Waals surface area contributed by atoms with E-state index < -0.39 is 10.0 Å². The Kier molecular flexibility index (Phi) is 7.50.